The topological polar surface area (TPSA) is 86.8 Å². The maximum absolute atomic E-state index is 13.2. The van der Waals surface area contributed by atoms with E-state index in [1.54, 1.807) is 12.1 Å². The molecule has 0 bridgehead atoms. The van der Waals surface area contributed by atoms with Crippen molar-refractivity contribution in [3.63, 3.8) is 0 Å². The number of hydrogen-bond acceptors (Lipinski definition) is 4. The molecule has 0 aliphatic heterocycles. The van der Waals surface area contributed by atoms with Crippen LogP contribution >= 0.6 is 0 Å². The Labute approximate surface area is 178 Å². The van der Waals surface area contributed by atoms with Crippen LogP contribution in [0.15, 0.2) is 59.5 Å². The van der Waals surface area contributed by atoms with E-state index in [9.17, 15) is 18.0 Å². The number of rotatable bonds is 9. The van der Waals surface area contributed by atoms with Gasteiger partial charge in [-0.15, -0.1) is 0 Å². The summed E-state index contributed by atoms with van der Waals surface area (Å²) >= 11 is 0. The lowest BCUT2D eigenvalue weighted by Gasteiger charge is -2.31. The second-order valence-corrected chi connectivity index (χ2v) is 9.16. The number of nitrogens with one attached hydrogen (secondary N) is 1. The number of likely N-dealkylation sites (N-methyl/N-ethyl adjacent to an activating group) is 2. The number of carbonyl (C=O) groups is 2. The van der Waals surface area contributed by atoms with Crippen LogP contribution in [-0.2, 0) is 26.2 Å². The van der Waals surface area contributed by atoms with Crippen LogP contribution in [0.5, 0.6) is 0 Å². The van der Waals surface area contributed by atoms with Crippen LogP contribution in [0.2, 0.25) is 0 Å². The molecule has 2 rings (SSSR count). The van der Waals surface area contributed by atoms with Crippen molar-refractivity contribution in [3.8, 4) is 0 Å². The van der Waals surface area contributed by atoms with E-state index in [0.717, 1.165) is 15.4 Å². The highest BCUT2D eigenvalue weighted by molar-refractivity contribution is 7.89. The summed E-state index contributed by atoms with van der Waals surface area (Å²) in [6.45, 7) is 3.53. The number of amides is 2. The summed E-state index contributed by atoms with van der Waals surface area (Å²) in [5.74, 6) is -0.724. The van der Waals surface area contributed by atoms with Gasteiger partial charge in [-0.25, -0.2) is 8.42 Å². The van der Waals surface area contributed by atoms with Crippen molar-refractivity contribution in [2.75, 3.05) is 20.6 Å². The molecule has 0 unspecified atom stereocenters. The Kier molecular flexibility index (Phi) is 8.14. The SMILES string of the molecule is CC[C@@H](C(=O)NC)N(Cc1ccccc1)C(=O)CN(C)S(=O)(=O)c1ccc(C)cc1. The lowest BCUT2D eigenvalue weighted by molar-refractivity contribution is -0.141. The highest BCUT2D eigenvalue weighted by Gasteiger charge is 2.31. The van der Waals surface area contributed by atoms with Gasteiger partial charge in [-0.05, 0) is 31.0 Å². The minimum atomic E-state index is -3.83. The zero-order valence-corrected chi connectivity index (χ0v) is 18.6. The molecule has 1 atom stereocenters. The fourth-order valence-corrected chi connectivity index (χ4v) is 4.24. The van der Waals surface area contributed by atoms with E-state index >= 15 is 0 Å². The molecule has 0 aliphatic rings. The number of carbonyl (C=O) groups excluding carboxylic acids is 2. The molecule has 162 valence electrons. The van der Waals surface area contributed by atoms with E-state index in [-0.39, 0.29) is 23.9 Å². The molecule has 0 saturated heterocycles. The first-order valence-corrected chi connectivity index (χ1v) is 11.2. The fraction of sp³-hybridized carbons (Fsp3) is 0.364. The van der Waals surface area contributed by atoms with Gasteiger partial charge in [-0.2, -0.15) is 4.31 Å². The molecule has 0 radical (unpaired) electrons. The predicted molar refractivity (Wildman–Crippen MR) is 116 cm³/mol. The van der Waals surface area contributed by atoms with Crippen molar-refractivity contribution >= 4 is 21.8 Å². The number of sulfonamides is 1. The molecular formula is C22H29N3O4S. The maximum atomic E-state index is 13.2. The van der Waals surface area contributed by atoms with Crippen LogP contribution in [-0.4, -0.2) is 56.1 Å². The molecule has 30 heavy (non-hydrogen) atoms. The van der Waals surface area contributed by atoms with Gasteiger partial charge in [0.15, 0.2) is 0 Å². The second kappa shape index (κ2) is 10.4. The Morgan fingerprint density at radius 1 is 1.03 bits per heavy atom. The van der Waals surface area contributed by atoms with E-state index in [2.05, 4.69) is 5.32 Å². The van der Waals surface area contributed by atoms with E-state index in [4.69, 9.17) is 0 Å². The molecule has 7 nitrogen and oxygen atoms in total. The molecule has 0 aliphatic carbocycles. The smallest absolute Gasteiger partial charge is 0.243 e. The summed E-state index contributed by atoms with van der Waals surface area (Å²) in [5, 5.41) is 2.59. The van der Waals surface area contributed by atoms with Gasteiger partial charge >= 0.3 is 0 Å². The van der Waals surface area contributed by atoms with Gasteiger partial charge in [0.25, 0.3) is 0 Å². The average Bonchev–Trinajstić information content (AvgIpc) is 2.74. The molecule has 0 saturated carbocycles. The molecule has 2 aromatic carbocycles. The van der Waals surface area contributed by atoms with E-state index in [1.165, 1.54) is 31.1 Å². The van der Waals surface area contributed by atoms with E-state index in [0.29, 0.717) is 6.42 Å². The molecule has 0 aromatic heterocycles. The van der Waals surface area contributed by atoms with Crippen molar-refractivity contribution < 1.29 is 18.0 Å². The second-order valence-electron chi connectivity index (χ2n) is 7.12. The summed E-state index contributed by atoms with van der Waals surface area (Å²) in [7, 11) is -0.942. The lowest BCUT2D eigenvalue weighted by atomic mass is 10.1. The van der Waals surface area contributed by atoms with Crippen molar-refractivity contribution in [2.24, 2.45) is 0 Å². The molecular weight excluding hydrogens is 402 g/mol. The summed E-state index contributed by atoms with van der Waals surface area (Å²) in [6.07, 6.45) is 0.409. The monoisotopic (exact) mass is 431 g/mol. The first kappa shape index (κ1) is 23.6. The Morgan fingerprint density at radius 2 is 1.63 bits per heavy atom. The summed E-state index contributed by atoms with van der Waals surface area (Å²) in [5.41, 5.74) is 1.80. The van der Waals surface area contributed by atoms with Crippen molar-refractivity contribution in [1.29, 1.82) is 0 Å². The minimum absolute atomic E-state index is 0.122. The van der Waals surface area contributed by atoms with Crippen molar-refractivity contribution in [3.05, 3.63) is 65.7 Å². The van der Waals surface area contributed by atoms with E-state index in [1.807, 2.05) is 44.2 Å². The Bertz CT molecular complexity index is 960. The quantitative estimate of drug-likeness (QED) is 0.659. The molecule has 8 heteroatoms. The molecule has 0 spiro atoms. The Morgan fingerprint density at radius 3 is 2.17 bits per heavy atom. The third-order valence-corrected chi connectivity index (χ3v) is 6.73. The lowest BCUT2D eigenvalue weighted by Crippen LogP contribution is -2.51. The van der Waals surface area contributed by atoms with Gasteiger partial charge in [0.05, 0.1) is 11.4 Å². The van der Waals surface area contributed by atoms with Crippen LogP contribution in [0.4, 0.5) is 0 Å². The van der Waals surface area contributed by atoms with Gasteiger partial charge in [-0.3, -0.25) is 9.59 Å². The molecule has 0 fully saturated rings. The molecule has 2 amide bonds. The van der Waals surface area contributed by atoms with Crippen LogP contribution in [0.3, 0.4) is 0 Å². The van der Waals surface area contributed by atoms with Gasteiger partial charge in [-0.1, -0.05) is 55.0 Å². The number of hydrogen-bond donors (Lipinski definition) is 1. The Balaban J connectivity index is 2.27. The maximum Gasteiger partial charge on any atom is 0.243 e. The molecule has 2 aromatic rings. The van der Waals surface area contributed by atoms with Crippen LogP contribution in [0.1, 0.15) is 24.5 Å². The highest BCUT2D eigenvalue weighted by atomic mass is 32.2. The number of nitrogens with zero attached hydrogens (tertiary/aromatic N) is 2. The third-order valence-electron chi connectivity index (χ3n) is 4.92. The van der Waals surface area contributed by atoms with Crippen molar-refractivity contribution in [1.82, 2.24) is 14.5 Å². The molecule has 1 N–H and O–H groups in total. The predicted octanol–water partition coefficient (Wildman–Crippen LogP) is 2.17. The van der Waals surface area contributed by atoms with Gasteiger partial charge in [0.1, 0.15) is 6.04 Å². The van der Waals surface area contributed by atoms with Gasteiger partial charge < -0.3 is 10.2 Å². The normalized spacial score (nSPS) is 12.4. The van der Waals surface area contributed by atoms with Gasteiger partial charge in [0.2, 0.25) is 21.8 Å². The number of aryl methyl sites for hydroxylation is 1. The summed E-state index contributed by atoms with van der Waals surface area (Å²) < 4.78 is 26.8. The standard InChI is InChI=1S/C22H29N3O4S/c1-5-20(22(27)23-3)25(15-18-9-7-6-8-10-18)21(26)16-24(4)30(28,29)19-13-11-17(2)12-14-19/h6-14,20H,5,15-16H2,1-4H3,(H,23,27)/t20-/m0/s1. The highest BCUT2D eigenvalue weighted by Crippen LogP contribution is 2.17. The zero-order valence-electron chi connectivity index (χ0n) is 17.8. The zero-order chi connectivity index (χ0) is 22.3. The van der Waals surface area contributed by atoms with Crippen LogP contribution < -0.4 is 5.32 Å². The Hall–Kier alpha value is -2.71. The summed E-state index contributed by atoms with van der Waals surface area (Å²) in [6, 6.07) is 15.1. The minimum Gasteiger partial charge on any atom is -0.357 e. The van der Waals surface area contributed by atoms with Crippen LogP contribution in [0, 0.1) is 6.92 Å². The largest absolute Gasteiger partial charge is 0.357 e. The summed E-state index contributed by atoms with van der Waals surface area (Å²) in [4.78, 5) is 27.1. The average molecular weight is 432 g/mol. The van der Waals surface area contributed by atoms with Gasteiger partial charge in [0, 0.05) is 20.6 Å². The first-order valence-electron chi connectivity index (χ1n) is 9.78. The fourth-order valence-electron chi connectivity index (χ4n) is 3.12. The van der Waals surface area contributed by atoms with Crippen LogP contribution in [0.25, 0.3) is 0 Å². The third kappa shape index (κ3) is 5.67. The number of benzene rings is 2. The first-order chi connectivity index (χ1) is 14.2. The van der Waals surface area contributed by atoms with Crippen molar-refractivity contribution in [2.45, 2.75) is 37.8 Å². The van der Waals surface area contributed by atoms with E-state index < -0.39 is 22.0 Å². The molecule has 0 heterocycles.